The molecular formula is C18H17ClN2O. The average molecular weight is 313 g/mol. The predicted octanol–water partition coefficient (Wildman–Crippen LogP) is 3.99. The number of benzene rings is 2. The summed E-state index contributed by atoms with van der Waals surface area (Å²) in [7, 11) is 0. The second kappa shape index (κ2) is 6.24. The molecule has 0 saturated carbocycles. The zero-order valence-corrected chi connectivity index (χ0v) is 13.1. The Labute approximate surface area is 134 Å². The van der Waals surface area contributed by atoms with Crippen molar-refractivity contribution in [3.05, 3.63) is 70.4 Å². The van der Waals surface area contributed by atoms with E-state index < -0.39 is 0 Å². The van der Waals surface area contributed by atoms with Crippen molar-refractivity contribution in [2.45, 2.75) is 19.9 Å². The number of nitrogens with one attached hydrogen (secondary N) is 2. The number of hydrogen-bond acceptors (Lipinski definition) is 1. The molecule has 0 bridgehead atoms. The maximum Gasteiger partial charge on any atom is 0.224 e. The van der Waals surface area contributed by atoms with Gasteiger partial charge in [0.2, 0.25) is 5.91 Å². The minimum absolute atomic E-state index is 0.0106. The van der Waals surface area contributed by atoms with Gasteiger partial charge in [0, 0.05) is 28.7 Å². The van der Waals surface area contributed by atoms with E-state index in [0.717, 1.165) is 22.0 Å². The van der Waals surface area contributed by atoms with Gasteiger partial charge in [0.1, 0.15) is 0 Å². The summed E-state index contributed by atoms with van der Waals surface area (Å²) in [6.45, 7) is 2.60. The Morgan fingerprint density at radius 2 is 1.95 bits per heavy atom. The highest BCUT2D eigenvalue weighted by Crippen LogP contribution is 2.22. The van der Waals surface area contributed by atoms with Crippen LogP contribution in [-0.4, -0.2) is 10.9 Å². The second-order valence-corrected chi connectivity index (χ2v) is 5.88. The number of carbonyl (C=O) groups excluding carboxylic acids is 1. The molecule has 1 heterocycles. The molecule has 0 unspecified atom stereocenters. The molecule has 22 heavy (non-hydrogen) atoms. The quantitative estimate of drug-likeness (QED) is 0.751. The van der Waals surface area contributed by atoms with Crippen molar-refractivity contribution in [2.24, 2.45) is 0 Å². The standard InChI is InChI=1S/C18H17ClN2O/c1-12-2-4-13(5-3-12)10-21-18(22)8-14-11-20-17-9-15(19)6-7-16(14)17/h2-7,9,11,20H,8,10H2,1H3,(H,21,22). The molecule has 0 radical (unpaired) electrons. The molecule has 0 fully saturated rings. The van der Waals surface area contributed by atoms with E-state index in [4.69, 9.17) is 11.6 Å². The van der Waals surface area contributed by atoms with Crippen molar-refractivity contribution in [3.63, 3.8) is 0 Å². The van der Waals surface area contributed by atoms with Crippen LogP contribution in [0.2, 0.25) is 5.02 Å². The van der Waals surface area contributed by atoms with Crippen LogP contribution in [0.4, 0.5) is 0 Å². The molecule has 3 nitrogen and oxygen atoms in total. The second-order valence-electron chi connectivity index (χ2n) is 5.44. The molecule has 2 N–H and O–H groups in total. The highest BCUT2D eigenvalue weighted by atomic mass is 35.5. The van der Waals surface area contributed by atoms with E-state index in [9.17, 15) is 4.79 Å². The third kappa shape index (κ3) is 3.31. The minimum atomic E-state index is 0.0106. The number of halogens is 1. The van der Waals surface area contributed by atoms with Crippen LogP contribution >= 0.6 is 11.6 Å². The highest BCUT2D eigenvalue weighted by molar-refractivity contribution is 6.31. The van der Waals surface area contributed by atoms with Crippen molar-refractivity contribution >= 4 is 28.4 Å². The van der Waals surface area contributed by atoms with Crippen molar-refractivity contribution in [1.29, 1.82) is 0 Å². The summed E-state index contributed by atoms with van der Waals surface area (Å²) in [5.41, 5.74) is 4.25. The highest BCUT2D eigenvalue weighted by Gasteiger charge is 2.09. The van der Waals surface area contributed by atoms with Gasteiger partial charge in [0.05, 0.1) is 6.42 Å². The Kier molecular flexibility index (Phi) is 4.16. The third-order valence-electron chi connectivity index (χ3n) is 3.69. The van der Waals surface area contributed by atoms with E-state index in [1.165, 1.54) is 5.56 Å². The Morgan fingerprint density at radius 3 is 2.73 bits per heavy atom. The molecule has 112 valence electrons. The first-order chi connectivity index (χ1) is 10.6. The fourth-order valence-electron chi connectivity index (χ4n) is 2.45. The Balaban J connectivity index is 1.64. The van der Waals surface area contributed by atoms with Crippen molar-refractivity contribution in [3.8, 4) is 0 Å². The Bertz CT molecular complexity index is 806. The van der Waals surface area contributed by atoms with Gasteiger partial charge in [-0.2, -0.15) is 0 Å². The molecule has 0 spiro atoms. The van der Waals surface area contributed by atoms with Crippen LogP contribution in [-0.2, 0) is 17.8 Å². The zero-order chi connectivity index (χ0) is 15.5. The summed E-state index contributed by atoms with van der Waals surface area (Å²) in [5, 5.41) is 4.68. The molecule has 4 heteroatoms. The Hall–Kier alpha value is -2.26. The van der Waals surface area contributed by atoms with Crippen LogP contribution in [0.15, 0.2) is 48.7 Å². The van der Waals surface area contributed by atoms with E-state index in [-0.39, 0.29) is 5.91 Å². The SMILES string of the molecule is Cc1ccc(CNC(=O)Cc2c[nH]c3cc(Cl)ccc23)cc1. The number of hydrogen-bond donors (Lipinski definition) is 2. The number of aromatic nitrogens is 1. The van der Waals surface area contributed by atoms with Gasteiger partial charge < -0.3 is 10.3 Å². The van der Waals surface area contributed by atoms with Gasteiger partial charge >= 0.3 is 0 Å². The number of carbonyl (C=O) groups is 1. The van der Waals surface area contributed by atoms with E-state index in [1.807, 2.05) is 55.6 Å². The van der Waals surface area contributed by atoms with Gasteiger partial charge in [0.25, 0.3) is 0 Å². The largest absolute Gasteiger partial charge is 0.361 e. The predicted molar refractivity (Wildman–Crippen MR) is 90.0 cm³/mol. The summed E-state index contributed by atoms with van der Waals surface area (Å²) in [4.78, 5) is 15.3. The third-order valence-corrected chi connectivity index (χ3v) is 3.93. The number of H-pyrrole nitrogens is 1. The van der Waals surface area contributed by atoms with E-state index >= 15 is 0 Å². The average Bonchev–Trinajstić information content (AvgIpc) is 2.89. The number of aromatic amines is 1. The molecule has 2 aromatic carbocycles. The fourth-order valence-corrected chi connectivity index (χ4v) is 2.62. The molecule has 0 aliphatic carbocycles. The first-order valence-corrected chi connectivity index (χ1v) is 7.57. The molecule has 3 aromatic rings. The van der Waals surface area contributed by atoms with Crippen LogP contribution in [0.1, 0.15) is 16.7 Å². The van der Waals surface area contributed by atoms with Crippen molar-refractivity contribution in [2.75, 3.05) is 0 Å². The maximum absolute atomic E-state index is 12.1. The smallest absolute Gasteiger partial charge is 0.224 e. The van der Waals surface area contributed by atoms with Crippen LogP contribution in [0.3, 0.4) is 0 Å². The number of fused-ring (bicyclic) bond motifs is 1. The van der Waals surface area contributed by atoms with Gasteiger partial charge in [-0.15, -0.1) is 0 Å². The molecule has 1 amide bonds. The number of aryl methyl sites for hydroxylation is 1. The molecular weight excluding hydrogens is 296 g/mol. The fraction of sp³-hybridized carbons (Fsp3) is 0.167. The lowest BCUT2D eigenvalue weighted by atomic mass is 10.1. The lowest BCUT2D eigenvalue weighted by Gasteiger charge is -2.05. The summed E-state index contributed by atoms with van der Waals surface area (Å²) < 4.78 is 0. The van der Waals surface area contributed by atoms with Crippen LogP contribution < -0.4 is 5.32 Å². The minimum Gasteiger partial charge on any atom is -0.361 e. The monoisotopic (exact) mass is 312 g/mol. The lowest BCUT2D eigenvalue weighted by Crippen LogP contribution is -2.24. The number of amides is 1. The maximum atomic E-state index is 12.1. The first-order valence-electron chi connectivity index (χ1n) is 7.19. The van der Waals surface area contributed by atoms with Gasteiger partial charge in [-0.05, 0) is 30.2 Å². The van der Waals surface area contributed by atoms with Crippen LogP contribution in [0.25, 0.3) is 10.9 Å². The van der Waals surface area contributed by atoms with Crippen LogP contribution in [0.5, 0.6) is 0 Å². The number of rotatable bonds is 4. The van der Waals surface area contributed by atoms with Crippen LogP contribution in [0, 0.1) is 6.92 Å². The normalized spacial score (nSPS) is 10.8. The van der Waals surface area contributed by atoms with Gasteiger partial charge in [0.15, 0.2) is 0 Å². The van der Waals surface area contributed by atoms with E-state index in [1.54, 1.807) is 0 Å². The summed E-state index contributed by atoms with van der Waals surface area (Å²) in [6, 6.07) is 13.8. The lowest BCUT2D eigenvalue weighted by molar-refractivity contribution is -0.120. The zero-order valence-electron chi connectivity index (χ0n) is 12.3. The van der Waals surface area contributed by atoms with Gasteiger partial charge in [-0.25, -0.2) is 0 Å². The molecule has 0 aliphatic rings. The first kappa shape index (κ1) is 14.7. The topological polar surface area (TPSA) is 44.9 Å². The van der Waals surface area contributed by atoms with Gasteiger partial charge in [-0.3, -0.25) is 4.79 Å². The molecule has 0 atom stereocenters. The van der Waals surface area contributed by atoms with Gasteiger partial charge in [-0.1, -0.05) is 47.5 Å². The molecule has 3 rings (SSSR count). The van der Waals surface area contributed by atoms with E-state index in [0.29, 0.717) is 18.0 Å². The van der Waals surface area contributed by atoms with Crippen molar-refractivity contribution < 1.29 is 4.79 Å². The molecule has 0 aliphatic heterocycles. The van der Waals surface area contributed by atoms with Crippen molar-refractivity contribution in [1.82, 2.24) is 10.3 Å². The summed E-state index contributed by atoms with van der Waals surface area (Å²) in [5.74, 6) is 0.0106. The summed E-state index contributed by atoms with van der Waals surface area (Å²) >= 11 is 5.96. The Morgan fingerprint density at radius 1 is 1.18 bits per heavy atom. The van der Waals surface area contributed by atoms with E-state index in [2.05, 4.69) is 10.3 Å². The molecule has 0 saturated heterocycles. The molecule has 1 aromatic heterocycles. The summed E-state index contributed by atoms with van der Waals surface area (Å²) in [6.07, 6.45) is 2.22.